The molecule has 0 amide bonds. The summed E-state index contributed by atoms with van der Waals surface area (Å²) in [5, 5.41) is 6.29. The van der Waals surface area contributed by atoms with Crippen molar-refractivity contribution in [3.05, 3.63) is 48.4 Å². The summed E-state index contributed by atoms with van der Waals surface area (Å²) in [6.45, 7) is 1.82. The lowest BCUT2D eigenvalue weighted by atomic mass is 10.1. The zero-order valence-corrected chi connectivity index (χ0v) is 10.00. The Morgan fingerprint density at radius 1 is 1.11 bits per heavy atom. The minimum Gasteiger partial charge on any atom is -0.337 e. The quantitative estimate of drug-likeness (QED) is 0.746. The smallest absolute Gasteiger partial charge is 0.243 e. The van der Waals surface area contributed by atoms with Crippen molar-refractivity contribution in [2.24, 2.45) is 5.73 Å². The van der Waals surface area contributed by atoms with Crippen molar-refractivity contribution in [3.63, 3.8) is 0 Å². The van der Waals surface area contributed by atoms with Crippen LogP contribution in [0.5, 0.6) is 0 Å². The Labute approximate surface area is 104 Å². The maximum atomic E-state index is 5.70. The highest BCUT2D eigenvalue weighted by atomic mass is 16.5. The molecule has 0 aliphatic heterocycles. The molecule has 0 saturated carbocycles. The maximum absolute atomic E-state index is 5.70. The van der Waals surface area contributed by atoms with Gasteiger partial charge in [0, 0.05) is 5.56 Å². The molecule has 0 aliphatic carbocycles. The highest BCUT2D eigenvalue weighted by molar-refractivity contribution is 5.86. The molecule has 0 spiro atoms. The molecule has 0 unspecified atom stereocenters. The molecule has 2 N–H and O–H groups in total. The lowest BCUT2D eigenvalue weighted by molar-refractivity contribution is 0.362. The average molecular weight is 239 g/mol. The molecule has 0 fully saturated rings. The van der Waals surface area contributed by atoms with Crippen LogP contribution in [0.25, 0.3) is 22.2 Å². The van der Waals surface area contributed by atoms with Gasteiger partial charge in [-0.05, 0) is 23.8 Å². The fraction of sp³-hybridized carbons (Fsp3) is 0.143. The number of hydrogen-bond acceptors (Lipinski definition) is 4. The number of fused-ring (bicyclic) bond motifs is 1. The first-order valence-electron chi connectivity index (χ1n) is 5.82. The van der Waals surface area contributed by atoms with Gasteiger partial charge >= 0.3 is 0 Å². The molecule has 0 bridgehead atoms. The van der Waals surface area contributed by atoms with Crippen LogP contribution in [0.4, 0.5) is 0 Å². The molecule has 4 heteroatoms. The predicted octanol–water partition coefficient (Wildman–Crippen LogP) is 2.91. The Bertz CT molecular complexity index is 688. The van der Waals surface area contributed by atoms with E-state index in [-0.39, 0.29) is 6.04 Å². The van der Waals surface area contributed by atoms with Crippen LogP contribution in [0.15, 0.2) is 47.0 Å². The van der Waals surface area contributed by atoms with Gasteiger partial charge in [0.1, 0.15) is 0 Å². The molecule has 1 aromatic heterocycles. The summed E-state index contributed by atoms with van der Waals surface area (Å²) in [7, 11) is 0. The van der Waals surface area contributed by atoms with Crippen molar-refractivity contribution in [2.75, 3.05) is 0 Å². The van der Waals surface area contributed by atoms with E-state index in [2.05, 4.69) is 22.3 Å². The second-order valence-electron chi connectivity index (χ2n) is 4.31. The molecule has 0 radical (unpaired) electrons. The van der Waals surface area contributed by atoms with Gasteiger partial charge in [0.2, 0.25) is 11.7 Å². The van der Waals surface area contributed by atoms with Crippen LogP contribution in [-0.2, 0) is 0 Å². The van der Waals surface area contributed by atoms with Crippen molar-refractivity contribution < 1.29 is 4.52 Å². The zero-order valence-electron chi connectivity index (χ0n) is 10.00. The summed E-state index contributed by atoms with van der Waals surface area (Å²) in [5.74, 6) is 1.03. The fourth-order valence-electron chi connectivity index (χ4n) is 1.87. The molecule has 3 rings (SSSR count). The normalized spacial score (nSPS) is 12.8. The predicted molar refractivity (Wildman–Crippen MR) is 69.8 cm³/mol. The van der Waals surface area contributed by atoms with E-state index in [0.717, 1.165) is 10.9 Å². The Morgan fingerprint density at radius 2 is 1.89 bits per heavy atom. The fourth-order valence-corrected chi connectivity index (χ4v) is 1.87. The minimum atomic E-state index is -0.244. The summed E-state index contributed by atoms with van der Waals surface area (Å²) < 4.78 is 5.11. The van der Waals surface area contributed by atoms with E-state index in [1.807, 2.05) is 37.3 Å². The van der Waals surface area contributed by atoms with E-state index < -0.39 is 0 Å². The van der Waals surface area contributed by atoms with Crippen LogP contribution in [0.3, 0.4) is 0 Å². The van der Waals surface area contributed by atoms with E-state index in [0.29, 0.717) is 11.7 Å². The van der Waals surface area contributed by atoms with Crippen LogP contribution < -0.4 is 5.73 Å². The van der Waals surface area contributed by atoms with Gasteiger partial charge in [-0.25, -0.2) is 0 Å². The maximum Gasteiger partial charge on any atom is 0.243 e. The zero-order chi connectivity index (χ0) is 12.5. The molecule has 18 heavy (non-hydrogen) atoms. The second kappa shape index (κ2) is 4.23. The second-order valence-corrected chi connectivity index (χ2v) is 4.31. The minimum absolute atomic E-state index is 0.244. The summed E-state index contributed by atoms with van der Waals surface area (Å²) in [6, 6.07) is 14.0. The van der Waals surface area contributed by atoms with Gasteiger partial charge in [-0.1, -0.05) is 41.6 Å². The van der Waals surface area contributed by atoms with Crippen molar-refractivity contribution in [1.82, 2.24) is 10.1 Å². The number of aromatic nitrogens is 2. The van der Waals surface area contributed by atoms with Crippen molar-refractivity contribution in [3.8, 4) is 11.4 Å². The first-order chi connectivity index (χ1) is 8.74. The standard InChI is InChI=1S/C14H13N3O/c1-9(15)14-16-13(17-18-14)12-7-6-10-4-2-3-5-11(10)8-12/h2-9H,15H2,1H3/t9-/m0/s1. The Balaban J connectivity index is 2.07. The summed E-state index contributed by atoms with van der Waals surface area (Å²) in [5.41, 5.74) is 6.63. The number of nitrogens with zero attached hydrogens (tertiary/aromatic N) is 2. The highest BCUT2D eigenvalue weighted by Crippen LogP contribution is 2.23. The van der Waals surface area contributed by atoms with Crippen molar-refractivity contribution in [2.45, 2.75) is 13.0 Å². The summed E-state index contributed by atoms with van der Waals surface area (Å²) in [6.07, 6.45) is 0. The summed E-state index contributed by atoms with van der Waals surface area (Å²) in [4.78, 5) is 4.28. The van der Waals surface area contributed by atoms with Gasteiger partial charge < -0.3 is 10.3 Å². The van der Waals surface area contributed by atoms with Gasteiger partial charge in [0.25, 0.3) is 0 Å². The first-order valence-corrected chi connectivity index (χ1v) is 5.82. The molecule has 1 atom stereocenters. The van der Waals surface area contributed by atoms with Crippen LogP contribution in [0.2, 0.25) is 0 Å². The Morgan fingerprint density at radius 3 is 2.61 bits per heavy atom. The van der Waals surface area contributed by atoms with Gasteiger partial charge in [0.15, 0.2) is 0 Å². The molecule has 1 heterocycles. The molecule has 0 aliphatic rings. The molecule has 3 aromatic rings. The lowest BCUT2D eigenvalue weighted by Crippen LogP contribution is -2.04. The number of nitrogens with two attached hydrogens (primary N) is 1. The monoisotopic (exact) mass is 239 g/mol. The third-order valence-electron chi connectivity index (χ3n) is 2.84. The molecule has 4 nitrogen and oxygen atoms in total. The van der Waals surface area contributed by atoms with E-state index in [9.17, 15) is 0 Å². The third kappa shape index (κ3) is 1.87. The summed E-state index contributed by atoms with van der Waals surface area (Å²) >= 11 is 0. The van der Waals surface area contributed by atoms with E-state index in [1.165, 1.54) is 5.39 Å². The van der Waals surface area contributed by atoms with Crippen molar-refractivity contribution in [1.29, 1.82) is 0 Å². The van der Waals surface area contributed by atoms with Crippen LogP contribution in [0, 0.1) is 0 Å². The van der Waals surface area contributed by atoms with Gasteiger partial charge in [-0.2, -0.15) is 4.98 Å². The van der Waals surface area contributed by atoms with Crippen LogP contribution >= 0.6 is 0 Å². The highest BCUT2D eigenvalue weighted by Gasteiger charge is 2.11. The SMILES string of the molecule is C[C@H](N)c1nc(-c2ccc3ccccc3c2)no1. The topological polar surface area (TPSA) is 64.9 Å². The number of rotatable bonds is 2. The average Bonchev–Trinajstić information content (AvgIpc) is 2.88. The third-order valence-corrected chi connectivity index (χ3v) is 2.84. The van der Waals surface area contributed by atoms with Gasteiger partial charge in [-0.15, -0.1) is 0 Å². The number of hydrogen-bond donors (Lipinski definition) is 1. The van der Waals surface area contributed by atoms with Crippen LogP contribution in [-0.4, -0.2) is 10.1 Å². The molecule has 2 aromatic carbocycles. The van der Waals surface area contributed by atoms with Gasteiger partial charge in [0.05, 0.1) is 6.04 Å². The molecular formula is C14H13N3O. The largest absolute Gasteiger partial charge is 0.337 e. The van der Waals surface area contributed by atoms with E-state index >= 15 is 0 Å². The van der Waals surface area contributed by atoms with Crippen molar-refractivity contribution >= 4 is 10.8 Å². The van der Waals surface area contributed by atoms with Gasteiger partial charge in [-0.3, -0.25) is 0 Å². The molecule has 90 valence electrons. The van der Waals surface area contributed by atoms with E-state index in [1.54, 1.807) is 0 Å². The van der Waals surface area contributed by atoms with Crippen LogP contribution in [0.1, 0.15) is 18.9 Å². The number of benzene rings is 2. The Kier molecular flexibility index (Phi) is 2.57. The Hall–Kier alpha value is -2.20. The molecular weight excluding hydrogens is 226 g/mol. The molecule has 0 saturated heterocycles. The lowest BCUT2D eigenvalue weighted by Gasteiger charge is -1.99. The van der Waals surface area contributed by atoms with E-state index in [4.69, 9.17) is 10.3 Å². The first kappa shape index (κ1) is 10.9.